The van der Waals surface area contributed by atoms with E-state index in [0.717, 1.165) is 37.0 Å². The van der Waals surface area contributed by atoms with Crippen LogP contribution in [-0.2, 0) is 13.1 Å². The minimum atomic E-state index is 0.647. The number of benzene rings is 1. The smallest absolute Gasteiger partial charge is 0.147 e. The maximum absolute atomic E-state index is 5.32. The minimum Gasteiger partial charge on any atom is -0.497 e. The van der Waals surface area contributed by atoms with E-state index >= 15 is 0 Å². The summed E-state index contributed by atoms with van der Waals surface area (Å²) < 4.78 is 7.39. The Morgan fingerprint density at radius 1 is 1.30 bits per heavy atom. The van der Waals surface area contributed by atoms with Crippen LogP contribution in [-0.4, -0.2) is 39.9 Å². The van der Waals surface area contributed by atoms with Gasteiger partial charge in [0.2, 0.25) is 0 Å². The van der Waals surface area contributed by atoms with Crippen LogP contribution < -0.4 is 4.74 Å². The first-order valence-corrected chi connectivity index (χ1v) is 8.37. The first-order chi connectivity index (χ1) is 11.1. The molecule has 0 spiro atoms. The first kappa shape index (κ1) is 16.0. The van der Waals surface area contributed by atoms with E-state index < -0.39 is 0 Å². The molecule has 124 valence electrons. The lowest BCUT2D eigenvalue weighted by Gasteiger charge is -2.32. The third-order valence-corrected chi connectivity index (χ3v) is 4.54. The molecule has 0 amide bonds. The largest absolute Gasteiger partial charge is 0.497 e. The maximum Gasteiger partial charge on any atom is 0.147 e. The van der Waals surface area contributed by atoms with Crippen LogP contribution in [0.2, 0.25) is 0 Å². The van der Waals surface area contributed by atoms with Gasteiger partial charge in [0.15, 0.2) is 0 Å². The summed E-state index contributed by atoms with van der Waals surface area (Å²) in [6.45, 7) is 8.25. The Bertz CT molecular complexity index is 652. The second-order valence-corrected chi connectivity index (χ2v) is 6.48. The second kappa shape index (κ2) is 7.13. The second-order valence-electron chi connectivity index (χ2n) is 6.48. The number of nitrogens with zero attached hydrogens (tertiary/aromatic N) is 4. The number of hydrogen-bond acceptors (Lipinski definition) is 4. The van der Waals surface area contributed by atoms with Gasteiger partial charge in [-0.05, 0) is 56.8 Å². The number of piperidine rings is 1. The van der Waals surface area contributed by atoms with E-state index in [4.69, 9.17) is 4.74 Å². The molecule has 0 saturated carbocycles. The van der Waals surface area contributed by atoms with Crippen molar-refractivity contribution < 1.29 is 4.74 Å². The summed E-state index contributed by atoms with van der Waals surface area (Å²) in [7, 11) is 1.72. The predicted octanol–water partition coefficient (Wildman–Crippen LogP) is 2.82. The molecule has 1 aromatic heterocycles. The van der Waals surface area contributed by atoms with Gasteiger partial charge in [0, 0.05) is 19.6 Å². The van der Waals surface area contributed by atoms with E-state index in [-0.39, 0.29) is 0 Å². The van der Waals surface area contributed by atoms with Crippen molar-refractivity contribution in [3.05, 3.63) is 41.5 Å². The fraction of sp³-hybridized carbons (Fsp3) is 0.556. The average molecular weight is 314 g/mol. The van der Waals surface area contributed by atoms with Gasteiger partial charge in [-0.15, -0.1) is 0 Å². The zero-order chi connectivity index (χ0) is 16.2. The third kappa shape index (κ3) is 4.10. The lowest BCUT2D eigenvalue weighted by molar-refractivity contribution is 0.152. The summed E-state index contributed by atoms with van der Waals surface area (Å²) in [5.41, 5.74) is 1.32. The Kier molecular flexibility index (Phi) is 4.96. The van der Waals surface area contributed by atoms with Crippen LogP contribution in [0.5, 0.6) is 5.75 Å². The zero-order valence-electron chi connectivity index (χ0n) is 14.3. The standard InChI is InChI=1S/C18H26N4O/c1-14-19-15(2)22(20-14)13-17-7-5-9-21(12-17)11-16-6-4-8-18(10-16)23-3/h4,6,8,10,17H,5,7,9,11-13H2,1-3H3/t17-/m1/s1. The van der Waals surface area contributed by atoms with Crippen LogP contribution in [0.3, 0.4) is 0 Å². The van der Waals surface area contributed by atoms with Crippen molar-refractivity contribution in [3.63, 3.8) is 0 Å². The summed E-state index contributed by atoms with van der Waals surface area (Å²) in [5, 5.41) is 4.51. The highest BCUT2D eigenvalue weighted by Crippen LogP contribution is 2.21. The van der Waals surface area contributed by atoms with E-state index in [1.807, 2.05) is 19.9 Å². The molecule has 3 rings (SSSR count). The number of methoxy groups -OCH3 is 1. The molecule has 2 heterocycles. The van der Waals surface area contributed by atoms with Crippen LogP contribution >= 0.6 is 0 Å². The van der Waals surface area contributed by atoms with Gasteiger partial charge in [-0.1, -0.05) is 12.1 Å². The third-order valence-electron chi connectivity index (χ3n) is 4.54. The minimum absolute atomic E-state index is 0.647. The van der Waals surface area contributed by atoms with Crippen molar-refractivity contribution in [3.8, 4) is 5.75 Å². The van der Waals surface area contributed by atoms with Gasteiger partial charge in [0.05, 0.1) is 7.11 Å². The normalized spacial score (nSPS) is 19.0. The summed E-state index contributed by atoms with van der Waals surface area (Å²) >= 11 is 0. The van der Waals surface area contributed by atoms with Gasteiger partial charge in [-0.25, -0.2) is 9.67 Å². The van der Waals surface area contributed by atoms with Crippen molar-refractivity contribution >= 4 is 0 Å². The van der Waals surface area contributed by atoms with E-state index in [1.54, 1.807) is 7.11 Å². The molecule has 5 nitrogen and oxygen atoms in total. The molecule has 1 aliphatic rings. The molecule has 1 fully saturated rings. The van der Waals surface area contributed by atoms with Crippen molar-refractivity contribution in [2.24, 2.45) is 5.92 Å². The molecule has 0 bridgehead atoms. The molecular weight excluding hydrogens is 288 g/mol. The van der Waals surface area contributed by atoms with E-state index in [0.29, 0.717) is 5.92 Å². The molecule has 0 aliphatic carbocycles. The Morgan fingerprint density at radius 2 is 2.17 bits per heavy atom. The van der Waals surface area contributed by atoms with E-state index in [2.05, 4.69) is 37.9 Å². The molecule has 0 unspecified atom stereocenters. The predicted molar refractivity (Wildman–Crippen MR) is 90.5 cm³/mol. The van der Waals surface area contributed by atoms with Gasteiger partial charge < -0.3 is 4.74 Å². The molecule has 1 aliphatic heterocycles. The van der Waals surface area contributed by atoms with Crippen LogP contribution in [0.1, 0.15) is 30.1 Å². The summed E-state index contributed by atoms with van der Waals surface area (Å²) in [4.78, 5) is 6.95. The highest BCUT2D eigenvalue weighted by molar-refractivity contribution is 5.28. The molecule has 0 radical (unpaired) electrons. The monoisotopic (exact) mass is 314 g/mol. The fourth-order valence-corrected chi connectivity index (χ4v) is 3.45. The summed E-state index contributed by atoms with van der Waals surface area (Å²) in [6, 6.07) is 8.38. The number of ether oxygens (including phenoxy) is 1. The van der Waals surface area contributed by atoms with Crippen LogP contribution in [0, 0.1) is 19.8 Å². The van der Waals surface area contributed by atoms with Crippen molar-refractivity contribution in [1.29, 1.82) is 0 Å². The van der Waals surface area contributed by atoms with Crippen LogP contribution in [0.4, 0.5) is 0 Å². The lowest BCUT2D eigenvalue weighted by atomic mass is 9.97. The van der Waals surface area contributed by atoms with Crippen molar-refractivity contribution in [1.82, 2.24) is 19.7 Å². The van der Waals surface area contributed by atoms with E-state index in [9.17, 15) is 0 Å². The molecule has 1 saturated heterocycles. The SMILES string of the molecule is COc1cccc(CN2CCC[C@@H](Cn3nc(C)nc3C)C2)c1. The van der Waals surface area contributed by atoms with Gasteiger partial charge in [-0.2, -0.15) is 5.10 Å². The Labute approximate surface area is 138 Å². The Morgan fingerprint density at radius 3 is 2.91 bits per heavy atom. The highest BCUT2D eigenvalue weighted by Gasteiger charge is 2.21. The number of aryl methyl sites for hydroxylation is 2. The average Bonchev–Trinajstić information content (AvgIpc) is 2.85. The first-order valence-electron chi connectivity index (χ1n) is 8.37. The molecule has 1 atom stereocenters. The van der Waals surface area contributed by atoms with E-state index in [1.165, 1.54) is 24.9 Å². The molecule has 2 aromatic rings. The Balaban J connectivity index is 1.60. The van der Waals surface area contributed by atoms with Gasteiger partial charge >= 0.3 is 0 Å². The van der Waals surface area contributed by atoms with Crippen LogP contribution in [0.25, 0.3) is 0 Å². The molecule has 0 N–H and O–H groups in total. The van der Waals surface area contributed by atoms with Gasteiger partial charge in [0.1, 0.15) is 17.4 Å². The zero-order valence-corrected chi connectivity index (χ0v) is 14.3. The quantitative estimate of drug-likeness (QED) is 0.851. The Hall–Kier alpha value is -1.88. The maximum atomic E-state index is 5.32. The number of hydrogen-bond donors (Lipinski definition) is 0. The molecule has 5 heteroatoms. The summed E-state index contributed by atoms with van der Waals surface area (Å²) in [6.07, 6.45) is 2.52. The molecule has 1 aromatic carbocycles. The van der Waals surface area contributed by atoms with Crippen molar-refractivity contribution in [2.45, 2.75) is 39.8 Å². The number of aromatic nitrogens is 3. The number of rotatable bonds is 5. The molecular formula is C18H26N4O. The topological polar surface area (TPSA) is 43.2 Å². The highest BCUT2D eigenvalue weighted by atomic mass is 16.5. The lowest BCUT2D eigenvalue weighted by Crippen LogP contribution is -2.36. The fourth-order valence-electron chi connectivity index (χ4n) is 3.45. The summed E-state index contributed by atoms with van der Waals surface area (Å²) in [5.74, 6) is 3.47. The van der Waals surface area contributed by atoms with Crippen molar-refractivity contribution in [2.75, 3.05) is 20.2 Å². The van der Waals surface area contributed by atoms with Gasteiger partial charge in [-0.3, -0.25) is 4.90 Å². The number of likely N-dealkylation sites (tertiary alicyclic amines) is 1. The van der Waals surface area contributed by atoms with Gasteiger partial charge in [0.25, 0.3) is 0 Å². The molecule has 23 heavy (non-hydrogen) atoms. The van der Waals surface area contributed by atoms with Crippen LogP contribution in [0.15, 0.2) is 24.3 Å².